The van der Waals surface area contributed by atoms with Crippen LogP contribution in [0.3, 0.4) is 0 Å². The van der Waals surface area contributed by atoms with Crippen molar-refractivity contribution in [3.8, 4) is 0 Å². The van der Waals surface area contributed by atoms with Crippen LogP contribution >= 0.6 is 36.6 Å². The van der Waals surface area contributed by atoms with E-state index in [4.69, 9.17) is 0 Å². The first-order chi connectivity index (χ1) is 10.7. The lowest BCUT2D eigenvalue weighted by Crippen LogP contribution is -2.45. The summed E-state index contributed by atoms with van der Waals surface area (Å²) in [5.74, 6) is 1.90. The highest BCUT2D eigenvalue weighted by Crippen LogP contribution is 2.25. The standard InChI is InChI=1S/C17H25N3OS.2ClH/c1-13-4-6-14(7-5-13)16(20-8-2-3-9-20)10-18-17(21)15-11-22-12-19-15;;/h4-7,15-16,19H,2-3,8-12H2,1H3,(H,18,21);2*1H. The summed E-state index contributed by atoms with van der Waals surface area (Å²) in [6, 6.07) is 9.00. The molecule has 0 aliphatic carbocycles. The number of rotatable bonds is 5. The number of nitrogens with zero attached hydrogens (tertiary/aromatic N) is 1. The van der Waals surface area contributed by atoms with E-state index >= 15 is 0 Å². The number of likely N-dealkylation sites (tertiary alicyclic amines) is 1. The molecule has 0 saturated carbocycles. The van der Waals surface area contributed by atoms with E-state index in [1.807, 2.05) is 0 Å². The maximum atomic E-state index is 12.2. The zero-order valence-electron chi connectivity index (χ0n) is 14.0. The van der Waals surface area contributed by atoms with Crippen LogP contribution < -0.4 is 10.6 Å². The van der Waals surface area contributed by atoms with E-state index < -0.39 is 0 Å². The summed E-state index contributed by atoms with van der Waals surface area (Å²) < 4.78 is 0. The molecule has 136 valence electrons. The predicted octanol–water partition coefficient (Wildman–Crippen LogP) is 2.75. The topological polar surface area (TPSA) is 44.4 Å². The number of nitrogens with one attached hydrogen (secondary N) is 2. The van der Waals surface area contributed by atoms with Gasteiger partial charge in [0.15, 0.2) is 0 Å². The van der Waals surface area contributed by atoms with Crippen molar-refractivity contribution in [2.45, 2.75) is 31.8 Å². The predicted molar refractivity (Wildman–Crippen MR) is 106 cm³/mol. The van der Waals surface area contributed by atoms with E-state index in [1.54, 1.807) is 11.8 Å². The van der Waals surface area contributed by atoms with Gasteiger partial charge in [0.1, 0.15) is 0 Å². The Kier molecular flexibility index (Phi) is 9.45. The molecule has 1 amide bonds. The minimum atomic E-state index is -0.0257. The van der Waals surface area contributed by atoms with Gasteiger partial charge in [-0.1, -0.05) is 29.8 Å². The Bertz CT molecular complexity index is 503. The molecule has 0 bridgehead atoms. The van der Waals surface area contributed by atoms with Crippen molar-refractivity contribution in [1.82, 2.24) is 15.5 Å². The van der Waals surface area contributed by atoms with E-state index in [1.165, 1.54) is 24.0 Å². The number of carbonyl (C=O) groups excluding carboxylic acids is 1. The van der Waals surface area contributed by atoms with E-state index in [0.717, 1.165) is 24.7 Å². The van der Waals surface area contributed by atoms with Gasteiger partial charge in [-0.15, -0.1) is 36.6 Å². The van der Waals surface area contributed by atoms with Crippen LogP contribution in [0, 0.1) is 6.92 Å². The second kappa shape index (κ2) is 10.5. The maximum absolute atomic E-state index is 12.2. The van der Waals surface area contributed by atoms with Crippen LogP contribution in [0.15, 0.2) is 24.3 Å². The van der Waals surface area contributed by atoms with Crippen LogP contribution in [0.1, 0.15) is 30.0 Å². The molecule has 2 N–H and O–H groups in total. The molecular weight excluding hydrogens is 365 g/mol. The fourth-order valence-electron chi connectivity index (χ4n) is 3.18. The molecule has 7 heteroatoms. The van der Waals surface area contributed by atoms with Crippen molar-refractivity contribution < 1.29 is 4.79 Å². The van der Waals surface area contributed by atoms with Gasteiger partial charge in [0.05, 0.1) is 12.1 Å². The van der Waals surface area contributed by atoms with E-state index in [-0.39, 0.29) is 36.8 Å². The van der Waals surface area contributed by atoms with E-state index in [2.05, 4.69) is 46.7 Å². The van der Waals surface area contributed by atoms with Crippen LogP contribution in [0.4, 0.5) is 0 Å². The highest BCUT2D eigenvalue weighted by molar-refractivity contribution is 7.99. The summed E-state index contributed by atoms with van der Waals surface area (Å²) >= 11 is 1.79. The number of thioether (sulfide) groups is 1. The number of hydrogen-bond donors (Lipinski definition) is 2. The third kappa shape index (κ3) is 5.53. The fraction of sp³-hybridized carbons (Fsp3) is 0.588. The Morgan fingerprint density at radius 2 is 1.96 bits per heavy atom. The average Bonchev–Trinajstić information content (AvgIpc) is 3.22. The lowest BCUT2D eigenvalue weighted by molar-refractivity contribution is -0.122. The van der Waals surface area contributed by atoms with E-state index in [9.17, 15) is 4.79 Å². The molecular formula is C17H27Cl2N3OS. The molecule has 1 aromatic rings. The first kappa shape index (κ1) is 21.6. The molecule has 2 fully saturated rings. The number of halogens is 2. The minimum Gasteiger partial charge on any atom is -0.353 e. The quantitative estimate of drug-likeness (QED) is 0.809. The van der Waals surface area contributed by atoms with Crippen molar-refractivity contribution in [2.75, 3.05) is 31.3 Å². The van der Waals surface area contributed by atoms with Crippen molar-refractivity contribution in [3.05, 3.63) is 35.4 Å². The largest absolute Gasteiger partial charge is 0.353 e. The Hall–Kier alpha value is -0.460. The third-order valence-electron chi connectivity index (χ3n) is 4.55. The smallest absolute Gasteiger partial charge is 0.238 e. The summed E-state index contributed by atoms with van der Waals surface area (Å²) in [5.41, 5.74) is 2.58. The number of carbonyl (C=O) groups is 1. The molecule has 2 aliphatic rings. The zero-order chi connectivity index (χ0) is 15.4. The van der Waals surface area contributed by atoms with Gasteiger partial charge < -0.3 is 5.32 Å². The summed E-state index contributed by atoms with van der Waals surface area (Å²) in [7, 11) is 0. The Balaban J connectivity index is 0.00000144. The second-order valence-corrected chi connectivity index (χ2v) is 7.22. The molecule has 1 aromatic carbocycles. The number of amides is 1. The number of hydrogen-bond acceptors (Lipinski definition) is 4. The van der Waals surface area contributed by atoms with Crippen LogP contribution in [-0.4, -0.2) is 48.1 Å². The van der Waals surface area contributed by atoms with Gasteiger partial charge >= 0.3 is 0 Å². The van der Waals surface area contributed by atoms with Crippen molar-refractivity contribution >= 4 is 42.5 Å². The Labute approximate surface area is 161 Å². The van der Waals surface area contributed by atoms with Crippen LogP contribution in [0.5, 0.6) is 0 Å². The first-order valence-electron chi connectivity index (χ1n) is 8.13. The van der Waals surface area contributed by atoms with Crippen LogP contribution in [0.2, 0.25) is 0 Å². The molecule has 2 saturated heterocycles. The highest BCUT2D eigenvalue weighted by Gasteiger charge is 2.26. The summed E-state index contributed by atoms with van der Waals surface area (Å²) in [5, 5.41) is 6.39. The van der Waals surface area contributed by atoms with Gasteiger partial charge in [0.25, 0.3) is 0 Å². The molecule has 2 atom stereocenters. The van der Waals surface area contributed by atoms with Gasteiger partial charge in [-0.05, 0) is 38.4 Å². The minimum absolute atomic E-state index is 0. The number of aryl methyl sites for hydroxylation is 1. The molecule has 2 unspecified atom stereocenters. The lowest BCUT2D eigenvalue weighted by Gasteiger charge is -2.28. The van der Waals surface area contributed by atoms with Gasteiger partial charge in [0, 0.05) is 18.2 Å². The normalized spacial score (nSPS) is 21.6. The summed E-state index contributed by atoms with van der Waals surface area (Å²) in [6.45, 7) is 5.07. The highest BCUT2D eigenvalue weighted by atomic mass is 35.5. The van der Waals surface area contributed by atoms with Gasteiger partial charge in [-0.3, -0.25) is 15.0 Å². The maximum Gasteiger partial charge on any atom is 0.238 e. The second-order valence-electron chi connectivity index (χ2n) is 6.19. The molecule has 0 spiro atoms. The lowest BCUT2D eigenvalue weighted by atomic mass is 10.0. The molecule has 0 aromatic heterocycles. The van der Waals surface area contributed by atoms with Crippen molar-refractivity contribution in [2.24, 2.45) is 0 Å². The molecule has 4 nitrogen and oxygen atoms in total. The monoisotopic (exact) mass is 391 g/mol. The zero-order valence-corrected chi connectivity index (χ0v) is 16.4. The summed E-state index contributed by atoms with van der Waals surface area (Å²) in [4.78, 5) is 14.7. The SMILES string of the molecule is Cc1ccc(C(CNC(=O)C2CSCN2)N2CCCC2)cc1.Cl.Cl. The molecule has 3 rings (SSSR count). The third-order valence-corrected chi connectivity index (χ3v) is 5.49. The molecule has 24 heavy (non-hydrogen) atoms. The first-order valence-corrected chi connectivity index (χ1v) is 9.29. The number of benzene rings is 1. The Morgan fingerprint density at radius 3 is 2.54 bits per heavy atom. The van der Waals surface area contributed by atoms with Gasteiger partial charge in [-0.25, -0.2) is 0 Å². The van der Waals surface area contributed by atoms with Gasteiger partial charge in [0.2, 0.25) is 5.91 Å². The fourth-order valence-corrected chi connectivity index (χ4v) is 4.13. The van der Waals surface area contributed by atoms with Gasteiger partial charge in [-0.2, -0.15) is 0 Å². The molecule has 2 aliphatic heterocycles. The van der Waals surface area contributed by atoms with E-state index in [0.29, 0.717) is 12.6 Å². The Morgan fingerprint density at radius 1 is 1.29 bits per heavy atom. The van der Waals surface area contributed by atoms with Crippen LogP contribution in [-0.2, 0) is 4.79 Å². The van der Waals surface area contributed by atoms with Crippen LogP contribution in [0.25, 0.3) is 0 Å². The van der Waals surface area contributed by atoms with Crippen molar-refractivity contribution in [3.63, 3.8) is 0 Å². The van der Waals surface area contributed by atoms with Crippen molar-refractivity contribution in [1.29, 1.82) is 0 Å². The summed E-state index contributed by atoms with van der Waals surface area (Å²) in [6.07, 6.45) is 2.52. The average molecular weight is 392 g/mol. The molecule has 0 radical (unpaired) electrons. The molecule has 2 heterocycles.